The minimum Gasteiger partial charge on any atom is -0.436 e. The van der Waals surface area contributed by atoms with Gasteiger partial charge in [0.05, 0.1) is 11.3 Å². The fourth-order valence-corrected chi connectivity index (χ4v) is 5.22. The summed E-state index contributed by atoms with van der Waals surface area (Å²) in [5.74, 6) is 1.08. The standard InChI is InChI=1S/C39H36N2O/c1-26(2)28-19-21-29(22-20-28)30-12-9-13-31(24-30)33-16-10-18-36-37(33)41-38(42-36)34-15-6-7-17-35(34)40-25-27-11-8-14-32(23-27)39(3,4)5/h6-26H,1-5H3. The maximum absolute atomic E-state index is 6.34. The van der Waals surface area contributed by atoms with E-state index >= 15 is 0 Å². The van der Waals surface area contributed by atoms with E-state index in [1.54, 1.807) is 0 Å². The Balaban J connectivity index is 1.35. The first kappa shape index (κ1) is 27.4. The molecule has 5 aromatic carbocycles. The van der Waals surface area contributed by atoms with Gasteiger partial charge in [0.25, 0.3) is 0 Å². The van der Waals surface area contributed by atoms with Gasteiger partial charge in [-0.05, 0) is 75.0 Å². The fourth-order valence-electron chi connectivity index (χ4n) is 5.22. The molecule has 3 heteroatoms. The Bertz CT molecular complexity index is 1880. The van der Waals surface area contributed by atoms with Crippen LogP contribution >= 0.6 is 0 Å². The average Bonchev–Trinajstić information content (AvgIpc) is 3.44. The zero-order valence-electron chi connectivity index (χ0n) is 24.9. The summed E-state index contributed by atoms with van der Waals surface area (Å²) < 4.78 is 6.34. The molecule has 0 amide bonds. The number of benzene rings is 5. The van der Waals surface area contributed by atoms with Crippen molar-refractivity contribution in [3.05, 3.63) is 132 Å². The molecule has 0 unspecified atom stereocenters. The van der Waals surface area contributed by atoms with E-state index in [1.165, 1.54) is 22.3 Å². The molecule has 208 valence electrons. The Hall–Kier alpha value is -4.76. The van der Waals surface area contributed by atoms with Crippen molar-refractivity contribution in [1.29, 1.82) is 0 Å². The van der Waals surface area contributed by atoms with Crippen molar-refractivity contribution in [2.24, 2.45) is 4.99 Å². The number of fused-ring (bicyclic) bond motifs is 1. The lowest BCUT2D eigenvalue weighted by atomic mass is 9.86. The van der Waals surface area contributed by atoms with Crippen LogP contribution < -0.4 is 0 Å². The maximum Gasteiger partial charge on any atom is 0.229 e. The van der Waals surface area contributed by atoms with E-state index in [4.69, 9.17) is 14.4 Å². The molecule has 0 saturated carbocycles. The van der Waals surface area contributed by atoms with E-state index in [2.05, 4.69) is 113 Å². The predicted octanol–water partition coefficient (Wildman–Crippen LogP) is 11.0. The van der Waals surface area contributed by atoms with Crippen molar-refractivity contribution in [1.82, 2.24) is 4.98 Å². The molecule has 1 aromatic heterocycles. The second kappa shape index (κ2) is 11.3. The molecule has 0 aliphatic carbocycles. The number of rotatable bonds is 6. The molecule has 0 aliphatic rings. The molecule has 6 aromatic rings. The zero-order chi connectivity index (χ0) is 29.3. The lowest BCUT2D eigenvalue weighted by Crippen LogP contribution is -2.11. The van der Waals surface area contributed by atoms with Crippen LogP contribution in [0.25, 0.3) is 44.8 Å². The van der Waals surface area contributed by atoms with Gasteiger partial charge in [-0.3, -0.25) is 4.99 Å². The minimum absolute atomic E-state index is 0.0789. The number of oxazole rings is 1. The summed E-state index contributed by atoms with van der Waals surface area (Å²) in [7, 11) is 0. The van der Waals surface area contributed by atoms with Gasteiger partial charge in [-0.25, -0.2) is 4.98 Å². The molecular formula is C39H36N2O. The Kier molecular flexibility index (Phi) is 7.34. The third-order valence-electron chi connectivity index (χ3n) is 7.74. The van der Waals surface area contributed by atoms with Crippen LogP contribution in [0.15, 0.2) is 125 Å². The molecule has 42 heavy (non-hydrogen) atoms. The quantitative estimate of drug-likeness (QED) is 0.194. The van der Waals surface area contributed by atoms with Crippen LogP contribution in [0.1, 0.15) is 57.2 Å². The summed E-state index contributed by atoms with van der Waals surface area (Å²) in [5, 5.41) is 0. The molecule has 0 aliphatic heterocycles. The molecule has 3 nitrogen and oxygen atoms in total. The summed E-state index contributed by atoms with van der Waals surface area (Å²) in [6.07, 6.45) is 1.92. The van der Waals surface area contributed by atoms with Gasteiger partial charge < -0.3 is 4.42 Å². The Morgan fingerprint density at radius 1 is 0.690 bits per heavy atom. The van der Waals surface area contributed by atoms with Gasteiger partial charge in [0.1, 0.15) is 5.52 Å². The third-order valence-corrected chi connectivity index (χ3v) is 7.74. The van der Waals surface area contributed by atoms with E-state index in [0.29, 0.717) is 11.8 Å². The van der Waals surface area contributed by atoms with Gasteiger partial charge in [-0.2, -0.15) is 0 Å². The lowest BCUT2D eigenvalue weighted by molar-refractivity contribution is 0.590. The summed E-state index contributed by atoms with van der Waals surface area (Å²) in [5.41, 5.74) is 11.6. The Morgan fingerprint density at radius 3 is 2.19 bits per heavy atom. The van der Waals surface area contributed by atoms with Crippen LogP contribution in [0, 0.1) is 0 Å². The molecule has 0 bridgehead atoms. The highest BCUT2D eigenvalue weighted by Gasteiger charge is 2.16. The number of aliphatic imine (C=N–C) groups is 1. The van der Waals surface area contributed by atoms with E-state index < -0.39 is 0 Å². The highest BCUT2D eigenvalue weighted by molar-refractivity contribution is 5.94. The molecular weight excluding hydrogens is 512 g/mol. The highest BCUT2D eigenvalue weighted by atomic mass is 16.3. The van der Waals surface area contributed by atoms with Gasteiger partial charge in [-0.15, -0.1) is 0 Å². The van der Waals surface area contributed by atoms with E-state index in [-0.39, 0.29) is 5.41 Å². The van der Waals surface area contributed by atoms with Crippen LogP contribution in [0.5, 0.6) is 0 Å². The Labute approximate surface area is 248 Å². The van der Waals surface area contributed by atoms with E-state index in [9.17, 15) is 0 Å². The number of para-hydroxylation sites is 2. The SMILES string of the molecule is CC(C)c1ccc(-c2cccc(-c3cccc4oc(-c5ccccc5N=Cc5cccc(C(C)(C)C)c5)nc34)c2)cc1. The van der Waals surface area contributed by atoms with Crippen molar-refractivity contribution >= 4 is 23.0 Å². The molecule has 0 atom stereocenters. The van der Waals surface area contributed by atoms with Crippen molar-refractivity contribution in [3.8, 4) is 33.7 Å². The van der Waals surface area contributed by atoms with Gasteiger partial charge in [-0.1, -0.05) is 120 Å². The average molecular weight is 549 g/mol. The van der Waals surface area contributed by atoms with E-state index in [1.807, 2.05) is 42.6 Å². The first-order valence-corrected chi connectivity index (χ1v) is 14.6. The third kappa shape index (κ3) is 5.69. The van der Waals surface area contributed by atoms with E-state index in [0.717, 1.165) is 39.0 Å². The predicted molar refractivity (Wildman–Crippen MR) is 177 cm³/mol. The van der Waals surface area contributed by atoms with Gasteiger partial charge in [0, 0.05) is 11.8 Å². The maximum atomic E-state index is 6.34. The molecule has 6 rings (SSSR count). The molecule has 0 radical (unpaired) electrons. The van der Waals surface area contributed by atoms with Crippen molar-refractivity contribution in [3.63, 3.8) is 0 Å². The van der Waals surface area contributed by atoms with Crippen LogP contribution in [0.3, 0.4) is 0 Å². The second-order valence-corrected chi connectivity index (χ2v) is 12.2. The monoisotopic (exact) mass is 548 g/mol. The van der Waals surface area contributed by atoms with Gasteiger partial charge in [0.15, 0.2) is 5.58 Å². The zero-order valence-corrected chi connectivity index (χ0v) is 24.9. The van der Waals surface area contributed by atoms with Crippen LogP contribution in [0.2, 0.25) is 0 Å². The number of aromatic nitrogens is 1. The normalized spacial score (nSPS) is 12.0. The smallest absolute Gasteiger partial charge is 0.229 e. The molecule has 0 N–H and O–H groups in total. The number of hydrogen-bond acceptors (Lipinski definition) is 3. The highest BCUT2D eigenvalue weighted by Crippen LogP contribution is 2.36. The first-order chi connectivity index (χ1) is 20.3. The summed E-state index contributed by atoms with van der Waals surface area (Å²) in [4.78, 5) is 9.88. The minimum atomic E-state index is 0.0789. The van der Waals surface area contributed by atoms with Crippen molar-refractivity contribution < 1.29 is 4.42 Å². The van der Waals surface area contributed by atoms with Gasteiger partial charge >= 0.3 is 0 Å². The largest absolute Gasteiger partial charge is 0.436 e. The number of hydrogen-bond donors (Lipinski definition) is 0. The van der Waals surface area contributed by atoms with Crippen molar-refractivity contribution in [2.45, 2.75) is 46.0 Å². The summed E-state index contributed by atoms with van der Waals surface area (Å²) >= 11 is 0. The molecule has 1 heterocycles. The lowest BCUT2D eigenvalue weighted by Gasteiger charge is -2.19. The van der Waals surface area contributed by atoms with Crippen LogP contribution in [-0.4, -0.2) is 11.2 Å². The first-order valence-electron chi connectivity index (χ1n) is 14.6. The van der Waals surface area contributed by atoms with Crippen LogP contribution in [-0.2, 0) is 5.41 Å². The molecule has 0 spiro atoms. The summed E-state index contributed by atoms with van der Waals surface area (Å²) in [6.45, 7) is 11.1. The van der Waals surface area contributed by atoms with Crippen molar-refractivity contribution in [2.75, 3.05) is 0 Å². The number of nitrogens with zero attached hydrogens (tertiary/aromatic N) is 2. The molecule has 0 fully saturated rings. The Morgan fingerprint density at radius 2 is 1.40 bits per heavy atom. The van der Waals surface area contributed by atoms with Crippen LogP contribution in [0.4, 0.5) is 5.69 Å². The van der Waals surface area contributed by atoms with Gasteiger partial charge in [0.2, 0.25) is 5.89 Å². The fraction of sp³-hybridized carbons (Fsp3) is 0.179. The molecule has 0 saturated heterocycles. The summed E-state index contributed by atoms with van der Waals surface area (Å²) in [6, 6.07) is 40.2. The second-order valence-electron chi connectivity index (χ2n) is 12.2. The topological polar surface area (TPSA) is 38.4 Å².